The van der Waals surface area contributed by atoms with Crippen molar-refractivity contribution in [2.45, 2.75) is 63.6 Å². The number of carbonyl (C=O) groups is 2. The quantitative estimate of drug-likeness (QED) is 0.653. The van der Waals surface area contributed by atoms with E-state index < -0.39 is 11.2 Å². The van der Waals surface area contributed by atoms with Crippen molar-refractivity contribution in [1.29, 1.82) is 0 Å². The van der Waals surface area contributed by atoms with Crippen molar-refractivity contribution >= 4 is 23.0 Å². The molecular weight excluding hydrogens is 467 g/mol. The molecule has 6 unspecified atom stereocenters. The number of aliphatic hydroxyl groups is 1. The number of hydrogen-bond acceptors (Lipinski definition) is 5. The van der Waals surface area contributed by atoms with Crippen LogP contribution >= 0.6 is 0 Å². The minimum absolute atomic E-state index is 0.0719. The van der Waals surface area contributed by atoms with Crippen LogP contribution in [-0.4, -0.2) is 56.9 Å². The average Bonchev–Trinajstić information content (AvgIpc) is 3.36. The van der Waals surface area contributed by atoms with Gasteiger partial charge in [0.25, 0.3) is 0 Å². The van der Waals surface area contributed by atoms with Gasteiger partial charge in [-0.2, -0.15) is 0 Å². The van der Waals surface area contributed by atoms with Crippen molar-refractivity contribution in [3.05, 3.63) is 34.5 Å². The van der Waals surface area contributed by atoms with E-state index in [-0.39, 0.29) is 54.8 Å². The van der Waals surface area contributed by atoms with E-state index in [0.29, 0.717) is 42.9 Å². The number of aliphatic hydroxyl groups excluding tert-OH is 1. The van der Waals surface area contributed by atoms with Gasteiger partial charge in [-0.25, -0.2) is 14.0 Å². The van der Waals surface area contributed by atoms with Crippen LogP contribution < -0.4 is 11.4 Å². The van der Waals surface area contributed by atoms with Gasteiger partial charge in [-0.15, -0.1) is 0 Å². The molecule has 6 atom stereocenters. The monoisotopic (exact) mass is 500 g/mol. The molecule has 4 aliphatic carbocycles. The number of ether oxygens (including phenoxy) is 1. The van der Waals surface area contributed by atoms with Gasteiger partial charge in [0.2, 0.25) is 5.91 Å². The lowest BCUT2D eigenvalue weighted by molar-refractivity contribution is -0.134. The summed E-state index contributed by atoms with van der Waals surface area (Å²) in [6.45, 7) is 0.618. The molecule has 194 valence electrons. The zero-order valence-corrected chi connectivity index (χ0v) is 20.3. The van der Waals surface area contributed by atoms with E-state index in [0.717, 1.165) is 32.1 Å². The lowest BCUT2D eigenvalue weighted by Crippen LogP contribution is -2.49. The molecule has 1 saturated heterocycles. The Morgan fingerprint density at radius 2 is 1.97 bits per heavy atom. The fraction of sp³-hybridized carbons (Fsp3) is 0.654. The highest BCUT2D eigenvalue weighted by Crippen LogP contribution is 2.57. The largest absolute Gasteiger partial charge is 0.446 e. The number of carbonyl (C=O) groups excluding carboxylic acids is 2. The number of nitrogens with two attached hydrogens (primary N) is 1. The lowest BCUT2D eigenvalue weighted by atomic mass is 9.60. The van der Waals surface area contributed by atoms with Gasteiger partial charge in [-0.05, 0) is 80.9 Å². The Hall–Kier alpha value is -2.88. The number of amides is 2. The van der Waals surface area contributed by atoms with Crippen LogP contribution in [0.1, 0.15) is 51.0 Å². The second-order valence-electron chi connectivity index (χ2n) is 11.3. The number of halogens is 1. The maximum atomic E-state index is 13.9. The predicted molar refractivity (Wildman–Crippen MR) is 129 cm³/mol. The third-order valence-corrected chi connectivity index (χ3v) is 9.32. The van der Waals surface area contributed by atoms with Crippen molar-refractivity contribution in [2.24, 2.45) is 28.9 Å². The first-order valence-corrected chi connectivity index (χ1v) is 13.1. The van der Waals surface area contributed by atoms with E-state index in [1.165, 1.54) is 16.7 Å². The summed E-state index contributed by atoms with van der Waals surface area (Å²) < 4.78 is 23.0. The Labute approximate surface area is 208 Å². The highest BCUT2D eigenvalue weighted by molar-refractivity contribution is 5.81. The molecule has 2 heterocycles. The first kappa shape index (κ1) is 23.5. The van der Waals surface area contributed by atoms with Gasteiger partial charge in [0.05, 0.1) is 30.2 Å². The van der Waals surface area contributed by atoms with Crippen LogP contribution in [0.25, 0.3) is 11.0 Å². The molecule has 1 aromatic carbocycles. The van der Waals surface area contributed by atoms with Gasteiger partial charge in [0.15, 0.2) is 0 Å². The molecule has 4 saturated carbocycles. The second kappa shape index (κ2) is 8.61. The maximum absolute atomic E-state index is 13.9. The Balaban J connectivity index is 1.20. The second-order valence-corrected chi connectivity index (χ2v) is 11.3. The first-order chi connectivity index (χ1) is 17.3. The number of primary amides is 1. The topological polar surface area (TPSA) is 120 Å². The molecule has 5 fully saturated rings. The zero-order chi connectivity index (χ0) is 25.2. The number of nitrogens with zero attached hydrogens (tertiary/aromatic N) is 3. The van der Waals surface area contributed by atoms with Crippen LogP contribution in [0.5, 0.6) is 0 Å². The number of rotatable bonds is 5. The van der Waals surface area contributed by atoms with E-state index in [1.807, 2.05) is 0 Å². The van der Waals surface area contributed by atoms with E-state index >= 15 is 0 Å². The number of likely N-dealkylation sites (tertiary alicyclic amines) is 1. The average molecular weight is 501 g/mol. The molecule has 3 N–H and O–H groups in total. The standard InChI is InChI=1S/C26H33FN4O5/c27-18-1-2-20-21(11-18)30(7-8-32)24(34)31(20)19-4-6-29(14-19)25(35)36-22-16-3-5-26(23(28)33)12-15(9-16)10-17(22)13-26/h1-2,11,15-17,19,22,32H,3-10,12-14H2,(H2,28,33). The summed E-state index contributed by atoms with van der Waals surface area (Å²) in [6, 6.07) is 3.93. The van der Waals surface area contributed by atoms with E-state index in [2.05, 4.69) is 0 Å². The normalized spacial score (nSPS) is 33.3. The van der Waals surface area contributed by atoms with Crippen LogP contribution in [0, 0.1) is 29.0 Å². The molecule has 1 aliphatic heterocycles. The minimum Gasteiger partial charge on any atom is -0.446 e. The van der Waals surface area contributed by atoms with E-state index in [9.17, 15) is 23.9 Å². The molecule has 0 radical (unpaired) electrons. The number of hydrogen-bond donors (Lipinski definition) is 2. The van der Waals surface area contributed by atoms with Gasteiger partial charge in [0, 0.05) is 18.5 Å². The Bertz CT molecular complexity index is 1270. The molecule has 2 aromatic rings. The van der Waals surface area contributed by atoms with Gasteiger partial charge in [-0.3, -0.25) is 13.9 Å². The molecule has 10 heteroatoms. The van der Waals surface area contributed by atoms with E-state index in [1.54, 1.807) is 15.5 Å². The zero-order valence-electron chi connectivity index (χ0n) is 20.3. The Morgan fingerprint density at radius 1 is 1.17 bits per heavy atom. The summed E-state index contributed by atoms with van der Waals surface area (Å²) in [7, 11) is 0. The fourth-order valence-electron chi connectivity index (χ4n) is 7.81. The molecule has 4 bridgehead atoms. The van der Waals surface area contributed by atoms with Crippen molar-refractivity contribution in [3.63, 3.8) is 0 Å². The highest BCUT2D eigenvalue weighted by Gasteiger charge is 2.55. The van der Waals surface area contributed by atoms with Crippen LogP contribution in [-0.2, 0) is 16.1 Å². The Morgan fingerprint density at radius 3 is 2.75 bits per heavy atom. The fourth-order valence-corrected chi connectivity index (χ4v) is 7.81. The molecule has 9 nitrogen and oxygen atoms in total. The third kappa shape index (κ3) is 3.64. The smallest absolute Gasteiger partial charge is 0.410 e. The molecule has 36 heavy (non-hydrogen) atoms. The molecule has 2 amide bonds. The first-order valence-electron chi connectivity index (χ1n) is 13.1. The molecular formula is C26H33FN4O5. The summed E-state index contributed by atoms with van der Waals surface area (Å²) in [6.07, 6.45) is 5.15. The number of aromatic nitrogens is 2. The third-order valence-electron chi connectivity index (χ3n) is 9.32. The van der Waals surface area contributed by atoms with Crippen molar-refractivity contribution in [1.82, 2.24) is 14.0 Å². The van der Waals surface area contributed by atoms with Crippen LogP contribution in [0.3, 0.4) is 0 Å². The minimum atomic E-state index is -0.453. The van der Waals surface area contributed by atoms with Crippen molar-refractivity contribution in [3.8, 4) is 0 Å². The number of benzene rings is 1. The number of imidazole rings is 1. The SMILES string of the molecule is NC(=O)C12CCC3CC(CC(C1)C3OC(=O)N1CCC(n3c(=O)n(CCO)c4cc(F)ccc43)C1)C2. The van der Waals surface area contributed by atoms with Gasteiger partial charge in [-0.1, -0.05) is 0 Å². The predicted octanol–water partition coefficient (Wildman–Crippen LogP) is 2.39. The van der Waals surface area contributed by atoms with Crippen molar-refractivity contribution < 1.29 is 23.8 Å². The molecule has 1 aromatic heterocycles. The maximum Gasteiger partial charge on any atom is 0.410 e. The summed E-state index contributed by atoms with van der Waals surface area (Å²) in [5, 5.41) is 9.41. The number of fused-ring (bicyclic) bond motifs is 2. The van der Waals surface area contributed by atoms with Gasteiger partial charge in [0.1, 0.15) is 11.9 Å². The van der Waals surface area contributed by atoms with Gasteiger partial charge < -0.3 is 20.5 Å². The lowest BCUT2D eigenvalue weighted by Gasteiger charge is -2.47. The van der Waals surface area contributed by atoms with Crippen LogP contribution in [0.2, 0.25) is 0 Å². The summed E-state index contributed by atoms with van der Waals surface area (Å²) in [4.78, 5) is 40.4. The van der Waals surface area contributed by atoms with E-state index in [4.69, 9.17) is 10.5 Å². The Kier molecular flexibility index (Phi) is 5.62. The summed E-state index contributed by atoms with van der Waals surface area (Å²) >= 11 is 0. The molecule has 5 aliphatic rings. The van der Waals surface area contributed by atoms with Crippen molar-refractivity contribution in [2.75, 3.05) is 19.7 Å². The van der Waals surface area contributed by atoms with Crippen LogP contribution in [0.4, 0.5) is 9.18 Å². The summed E-state index contributed by atoms with van der Waals surface area (Å²) in [5.41, 5.74) is 6.09. The molecule has 7 rings (SSSR count). The molecule has 0 spiro atoms. The summed E-state index contributed by atoms with van der Waals surface area (Å²) in [5.74, 6) is 0.232. The highest BCUT2D eigenvalue weighted by atomic mass is 19.1. The van der Waals surface area contributed by atoms with Crippen LogP contribution in [0.15, 0.2) is 23.0 Å². The van der Waals surface area contributed by atoms with Gasteiger partial charge >= 0.3 is 11.8 Å².